The molecule has 4 aliphatic rings. The molecule has 1 heterocycles. The van der Waals surface area contributed by atoms with Gasteiger partial charge in [0.25, 0.3) is 0 Å². The van der Waals surface area contributed by atoms with Gasteiger partial charge in [0.15, 0.2) is 0 Å². The molecule has 0 radical (unpaired) electrons. The van der Waals surface area contributed by atoms with Gasteiger partial charge in [-0.1, -0.05) is 41.0 Å². The fraction of sp³-hybridized carbons (Fsp3) is 0.935. The van der Waals surface area contributed by atoms with Gasteiger partial charge in [0.05, 0.1) is 12.2 Å². The molecule has 4 saturated carbocycles. The molecule has 210 valence electrons. The summed E-state index contributed by atoms with van der Waals surface area (Å²) in [6.45, 7) is 14.5. The normalized spacial score (nSPS) is 46.8. The van der Waals surface area contributed by atoms with Crippen LogP contribution in [-0.4, -0.2) is 38.2 Å². The van der Waals surface area contributed by atoms with Crippen molar-refractivity contribution >= 4 is 11.3 Å². The van der Waals surface area contributed by atoms with Crippen LogP contribution in [0.25, 0.3) is 0 Å². The molecule has 4 fully saturated rings. The van der Waals surface area contributed by atoms with Crippen LogP contribution >= 0.6 is 11.3 Å². The second-order valence-corrected chi connectivity index (χ2v) is 15.7. The molecule has 6 heteroatoms. The zero-order valence-electron chi connectivity index (χ0n) is 24.2. The van der Waals surface area contributed by atoms with E-state index in [1.165, 1.54) is 25.7 Å². The third-order valence-electron chi connectivity index (χ3n) is 12.7. The summed E-state index contributed by atoms with van der Waals surface area (Å²) in [6, 6.07) is 0. The quantitative estimate of drug-likeness (QED) is 0.396. The number of aliphatic hydroxyl groups is 2. The number of nitrogens with two attached hydrogens (primary N) is 1. The summed E-state index contributed by atoms with van der Waals surface area (Å²) in [4.78, 5) is 0. The molecular formula is C31H53N3O2S. The zero-order valence-corrected chi connectivity index (χ0v) is 25.0. The maximum atomic E-state index is 12.0. The van der Waals surface area contributed by atoms with Crippen LogP contribution in [0.2, 0.25) is 0 Å². The van der Waals surface area contributed by atoms with E-state index in [1.807, 2.05) is 0 Å². The Bertz CT molecular complexity index is 924. The number of aromatic nitrogens is 2. The van der Waals surface area contributed by atoms with E-state index in [0.717, 1.165) is 43.5 Å². The van der Waals surface area contributed by atoms with Gasteiger partial charge < -0.3 is 15.9 Å². The molecule has 5 rings (SSSR count). The van der Waals surface area contributed by atoms with Crippen LogP contribution in [0.5, 0.6) is 0 Å². The lowest BCUT2D eigenvalue weighted by atomic mass is 9.41. The third-order valence-corrected chi connectivity index (χ3v) is 13.4. The molecule has 13 atom stereocenters. The van der Waals surface area contributed by atoms with Crippen molar-refractivity contribution in [1.29, 1.82) is 0 Å². The zero-order chi connectivity index (χ0) is 26.8. The summed E-state index contributed by atoms with van der Waals surface area (Å²) in [5.74, 6) is 4.28. The molecular weight excluding hydrogens is 478 g/mol. The van der Waals surface area contributed by atoms with Crippen LogP contribution in [0.3, 0.4) is 0 Å². The van der Waals surface area contributed by atoms with E-state index in [0.29, 0.717) is 52.8 Å². The number of aliphatic hydroxyl groups excluding tert-OH is 2. The second-order valence-electron chi connectivity index (χ2n) is 14.8. The lowest BCUT2D eigenvalue weighted by molar-refractivity contribution is -0.203. The molecule has 0 saturated heterocycles. The van der Waals surface area contributed by atoms with Gasteiger partial charge in [-0.3, -0.25) is 0 Å². The number of rotatable bonds is 7. The lowest BCUT2D eigenvalue weighted by Crippen LogP contribution is -2.62. The summed E-state index contributed by atoms with van der Waals surface area (Å²) >= 11 is 1.61. The molecule has 6 unspecified atom stereocenters. The Morgan fingerprint density at radius 1 is 1.08 bits per heavy atom. The summed E-state index contributed by atoms with van der Waals surface area (Å²) in [6.07, 6.45) is 10.5. The lowest BCUT2D eigenvalue weighted by Gasteiger charge is -2.65. The fourth-order valence-electron chi connectivity index (χ4n) is 10.9. The van der Waals surface area contributed by atoms with Crippen molar-refractivity contribution in [2.45, 2.75) is 123 Å². The SMILES string of the molecule is CC[C@H]1[C@@H](O)C2C3CCC([C@H](C)C(C)CC(C)(N)Cc4nncs4)[C@@]3(C)CCC2[C@@]2(C)CC[C@@H](O)C[C@@H]12. The highest BCUT2D eigenvalue weighted by Gasteiger charge is 2.65. The first-order valence-corrected chi connectivity index (χ1v) is 16.2. The number of hydrogen-bond donors (Lipinski definition) is 3. The molecule has 1 aromatic heterocycles. The summed E-state index contributed by atoms with van der Waals surface area (Å²) < 4.78 is 0. The standard InChI is InChI=1S/C31H53N3O2S/c1-7-21-25-14-20(35)10-12-31(25,6)24-11-13-30(5)22(8-9-23(30)27(24)28(21)36)19(3)18(2)15-29(4,32)16-26-34-33-17-37-26/h17-25,27-28,35-36H,7-16,32H2,1-6H3/t18?,19-,20-,21-,22?,23?,24?,25+,27?,28-,29?,30-,31-/m1/s1. The van der Waals surface area contributed by atoms with Crippen LogP contribution < -0.4 is 5.73 Å². The molecule has 5 nitrogen and oxygen atoms in total. The Morgan fingerprint density at radius 2 is 1.78 bits per heavy atom. The summed E-state index contributed by atoms with van der Waals surface area (Å²) in [7, 11) is 0. The fourth-order valence-corrected chi connectivity index (χ4v) is 11.6. The van der Waals surface area contributed by atoms with Gasteiger partial charge in [-0.2, -0.15) is 0 Å². The maximum absolute atomic E-state index is 12.0. The van der Waals surface area contributed by atoms with E-state index in [2.05, 4.69) is 51.7 Å². The minimum atomic E-state index is -0.271. The minimum Gasteiger partial charge on any atom is -0.393 e. The van der Waals surface area contributed by atoms with Crippen LogP contribution in [0.1, 0.15) is 104 Å². The predicted octanol–water partition coefficient (Wildman–Crippen LogP) is 6.09. The highest BCUT2D eigenvalue weighted by molar-refractivity contribution is 7.09. The average molecular weight is 532 g/mol. The van der Waals surface area contributed by atoms with Crippen LogP contribution in [0.15, 0.2) is 5.51 Å². The van der Waals surface area contributed by atoms with E-state index in [-0.39, 0.29) is 23.2 Å². The second kappa shape index (κ2) is 10.1. The van der Waals surface area contributed by atoms with Crippen molar-refractivity contribution in [1.82, 2.24) is 10.2 Å². The van der Waals surface area contributed by atoms with Crippen molar-refractivity contribution in [2.75, 3.05) is 0 Å². The Hall–Kier alpha value is -0.560. The van der Waals surface area contributed by atoms with Gasteiger partial charge >= 0.3 is 0 Å². The predicted molar refractivity (Wildman–Crippen MR) is 151 cm³/mol. The third kappa shape index (κ3) is 4.74. The molecule has 0 amide bonds. The Balaban J connectivity index is 1.34. The van der Waals surface area contributed by atoms with Crippen molar-refractivity contribution in [3.05, 3.63) is 10.5 Å². The first-order valence-electron chi connectivity index (χ1n) is 15.3. The van der Waals surface area contributed by atoms with Crippen molar-refractivity contribution in [2.24, 2.45) is 63.9 Å². The summed E-state index contributed by atoms with van der Waals surface area (Å²) in [5.41, 5.74) is 8.92. The maximum Gasteiger partial charge on any atom is 0.119 e. The largest absolute Gasteiger partial charge is 0.393 e. The van der Waals surface area contributed by atoms with Gasteiger partial charge in [0.2, 0.25) is 0 Å². The summed E-state index contributed by atoms with van der Waals surface area (Å²) in [5, 5.41) is 31.8. The highest BCUT2D eigenvalue weighted by atomic mass is 32.1. The van der Waals surface area contributed by atoms with Crippen molar-refractivity contribution < 1.29 is 10.2 Å². The van der Waals surface area contributed by atoms with Gasteiger partial charge in [0, 0.05) is 12.0 Å². The minimum absolute atomic E-state index is 0.178. The van der Waals surface area contributed by atoms with E-state index in [4.69, 9.17) is 5.73 Å². The van der Waals surface area contributed by atoms with Crippen molar-refractivity contribution in [3.8, 4) is 0 Å². The Labute approximate surface area is 229 Å². The van der Waals surface area contributed by atoms with Crippen LogP contribution in [0, 0.1) is 58.2 Å². The molecule has 37 heavy (non-hydrogen) atoms. The number of fused-ring (bicyclic) bond motifs is 5. The molecule has 4 N–H and O–H groups in total. The molecule has 4 aliphatic carbocycles. The number of nitrogens with zero attached hydrogens (tertiary/aromatic N) is 2. The number of hydrogen-bond acceptors (Lipinski definition) is 6. The van der Waals surface area contributed by atoms with E-state index in [9.17, 15) is 10.2 Å². The topological polar surface area (TPSA) is 92.3 Å². The van der Waals surface area contributed by atoms with Gasteiger partial charge in [0.1, 0.15) is 10.5 Å². The monoisotopic (exact) mass is 531 g/mol. The average Bonchev–Trinajstić information content (AvgIpc) is 3.46. The molecule has 1 aromatic rings. The molecule has 0 aliphatic heterocycles. The van der Waals surface area contributed by atoms with Gasteiger partial charge in [-0.25, -0.2) is 0 Å². The van der Waals surface area contributed by atoms with E-state index >= 15 is 0 Å². The smallest absolute Gasteiger partial charge is 0.119 e. The molecule has 0 spiro atoms. The van der Waals surface area contributed by atoms with Gasteiger partial charge in [-0.05, 0) is 116 Å². The first-order chi connectivity index (χ1) is 17.4. The van der Waals surface area contributed by atoms with Gasteiger partial charge in [-0.15, -0.1) is 21.5 Å². The highest BCUT2D eigenvalue weighted by Crippen LogP contribution is 2.69. The van der Waals surface area contributed by atoms with Crippen LogP contribution in [0.4, 0.5) is 0 Å². The van der Waals surface area contributed by atoms with Crippen LogP contribution in [-0.2, 0) is 6.42 Å². The van der Waals surface area contributed by atoms with E-state index in [1.54, 1.807) is 16.8 Å². The van der Waals surface area contributed by atoms with Crippen molar-refractivity contribution in [3.63, 3.8) is 0 Å². The molecule has 0 bridgehead atoms. The first kappa shape index (κ1) is 28.0. The Morgan fingerprint density at radius 3 is 2.46 bits per heavy atom. The van der Waals surface area contributed by atoms with E-state index < -0.39 is 0 Å². The Kier molecular flexibility index (Phi) is 7.66. The molecule has 0 aromatic carbocycles.